The molecule has 0 radical (unpaired) electrons. The average Bonchev–Trinajstić information content (AvgIpc) is 2.26. The minimum atomic E-state index is 0.181. The zero-order valence-corrected chi connectivity index (χ0v) is 9.90. The van der Waals surface area contributed by atoms with Crippen LogP contribution in [0.4, 0.5) is 0 Å². The monoisotopic (exact) mass is 221 g/mol. The number of carbonyl (C=O) groups is 1. The first-order chi connectivity index (χ1) is 7.63. The van der Waals surface area contributed by atoms with Crippen molar-refractivity contribution in [3.05, 3.63) is 29.8 Å². The van der Waals surface area contributed by atoms with Crippen LogP contribution in [0.2, 0.25) is 0 Å². The molecule has 88 valence electrons. The average molecular weight is 221 g/mol. The number of carbonyl (C=O) groups excluding carboxylic acids is 1. The van der Waals surface area contributed by atoms with Gasteiger partial charge in [-0.2, -0.15) is 0 Å². The minimum Gasteiger partial charge on any atom is -0.492 e. The lowest BCUT2D eigenvalue weighted by molar-refractivity contribution is 0.0968. The number of benzene rings is 1. The van der Waals surface area contributed by atoms with Gasteiger partial charge in [0.2, 0.25) is 0 Å². The summed E-state index contributed by atoms with van der Waals surface area (Å²) in [7, 11) is 0. The fraction of sp³-hybridized carbons (Fsp3) is 0.462. The van der Waals surface area contributed by atoms with Gasteiger partial charge >= 0.3 is 0 Å². The van der Waals surface area contributed by atoms with Crippen molar-refractivity contribution >= 4 is 5.78 Å². The molecular formula is C13H19NO2. The highest BCUT2D eigenvalue weighted by Crippen LogP contribution is 2.15. The standard InChI is InChI=1S/C13H19NO2/c1-10(2)9-13(15)11-3-5-12(6-4-11)16-8-7-14/h3-6,10H,7-9,14H2,1-2H3. The van der Waals surface area contributed by atoms with Crippen LogP contribution in [-0.4, -0.2) is 18.9 Å². The normalized spacial score (nSPS) is 10.5. The maximum atomic E-state index is 11.7. The number of hydrogen-bond acceptors (Lipinski definition) is 3. The largest absolute Gasteiger partial charge is 0.492 e. The summed E-state index contributed by atoms with van der Waals surface area (Å²) in [5.41, 5.74) is 6.07. The molecule has 3 nitrogen and oxygen atoms in total. The summed E-state index contributed by atoms with van der Waals surface area (Å²) in [5, 5.41) is 0. The summed E-state index contributed by atoms with van der Waals surface area (Å²) >= 11 is 0. The third-order valence-electron chi connectivity index (χ3n) is 2.16. The number of hydrogen-bond donors (Lipinski definition) is 1. The van der Waals surface area contributed by atoms with E-state index in [0.29, 0.717) is 25.5 Å². The fourth-order valence-corrected chi connectivity index (χ4v) is 1.40. The molecule has 16 heavy (non-hydrogen) atoms. The van der Waals surface area contributed by atoms with Crippen molar-refractivity contribution in [2.75, 3.05) is 13.2 Å². The lowest BCUT2D eigenvalue weighted by atomic mass is 10.0. The van der Waals surface area contributed by atoms with E-state index in [1.165, 1.54) is 0 Å². The van der Waals surface area contributed by atoms with Crippen molar-refractivity contribution in [2.24, 2.45) is 11.7 Å². The second-order valence-corrected chi connectivity index (χ2v) is 4.18. The van der Waals surface area contributed by atoms with Crippen molar-refractivity contribution in [2.45, 2.75) is 20.3 Å². The molecular weight excluding hydrogens is 202 g/mol. The van der Waals surface area contributed by atoms with Crippen LogP contribution in [0.5, 0.6) is 5.75 Å². The third kappa shape index (κ3) is 4.03. The summed E-state index contributed by atoms with van der Waals surface area (Å²) in [5.74, 6) is 1.33. The molecule has 0 spiro atoms. The molecule has 0 fully saturated rings. The van der Waals surface area contributed by atoms with Crippen molar-refractivity contribution < 1.29 is 9.53 Å². The second kappa shape index (κ2) is 6.28. The lowest BCUT2D eigenvalue weighted by Crippen LogP contribution is -2.10. The van der Waals surface area contributed by atoms with E-state index < -0.39 is 0 Å². The predicted molar refractivity (Wildman–Crippen MR) is 64.8 cm³/mol. The maximum absolute atomic E-state index is 11.7. The number of Topliss-reactive ketones (excluding diaryl/α,β-unsaturated/α-hetero) is 1. The molecule has 3 heteroatoms. The molecule has 0 unspecified atom stereocenters. The smallest absolute Gasteiger partial charge is 0.163 e. The summed E-state index contributed by atoms with van der Waals surface area (Å²) in [6.45, 7) is 5.07. The Kier molecular flexibility index (Phi) is 4.99. The Morgan fingerprint density at radius 1 is 1.31 bits per heavy atom. The Balaban J connectivity index is 2.60. The van der Waals surface area contributed by atoms with Gasteiger partial charge in [-0.1, -0.05) is 13.8 Å². The molecule has 0 aliphatic carbocycles. The quantitative estimate of drug-likeness (QED) is 0.750. The van der Waals surface area contributed by atoms with Gasteiger partial charge < -0.3 is 10.5 Å². The summed E-state index contributed by atoms with van der Waals surface area (Å²) < 4.78 is 5.33. The Bertz CT molecular complexity index is 330. The molecule has 0 aromatic heterocycles. The van der Waals surface area contributed by atoms with Crippen LogP contribution in [0.25, 0.3) is 0 Å². The van der Waals surface area contributed by atoms with Gasteiger partial charge in [-0.25, -0.2) is 0 Å². The van der Waals surface area contributed by atoms with Crippen molar-refractivity contribution in [3.8, 4) is 5.75 Å². The van der Waals surface area contributed by atoms with Crippen LogP contribution >= 0.6 is 0 Å². The molecule has 0 aliphatic heterocycles. The number of ketones is 1. The predicted octanol–water partition coefficient (Wildman–Crippen LogP) is 2.25. The third-order valence-corrected chi connectivity index (χ3v) is 2.16. The van der Waals surface area contributed by atoms with Crippen molar-refractivity contribution in [3.63, 3.8) is 0 Å². The second-order valence-electron chi connectivity index (χ2n) is 4.18. The first-order valence-corrected chi connectivity index (χ1v) is 5.59. The summed E-state index contributed by atoms with van der Waals surface area (Å²) in [6.07, 6.45) is 0.586. The van der Waals surface area contributed by atoms with E-state index in [9.17, 15) is 4.79 Å². The van der Waals surface area contributed by atoms with Gasteiger partial charge in [0.15, 0.2) is 5.78 Å². The Labute approximate surface area is 96.6 Å². The van der Waals surface area contributed by atoms with E-state index in [1.54, 1.807) is 12.1 Å². The van der Waals surface area contributed by atoms with Gasteiger partial charge in [-0.15, -0.1) is 0 Å². The van der Waals surface area contributed by atoms with Crippen LogP contribution in [0.15, 0.2) is 24.3 Å². The van der Waals surface area contributed by atoms with Gasteiger partial charge in [-0.3, -0.25) is 4.79 Å². The highest BCUT2D eigenvalue weighted by molar-refractivity contribution is 5.96. The van der Waals surface area contributed by atoms with E-state index in [4.69, 9.17) is 10.5 Å². The number of rotatable bonds is 6. The van der Waals surface area contributed by atoms with E-state index >= 15 is 0 Å². The van der Waals surface area contributed by atoms with E-state index in [0.717, 1.165) is 11.3 Å². The minimum absolute atomic E-state index is 0.181. The van der Waals surface area contributed by atoms with Gasteiger partial charge in [0.05, 0.1) is 0 Å². The van der Waals surface area contributed by atoms with E-state index in [2.05, 4.69) is 0 Å². The molecule has 0 heterocycles. The van der Waals surface area contributed by atoms with Crippen LogP contribution in [0, 0.1) is 5.92 Å². The van der Waals surface area contributed by atoms with E-state index in [1.807, 2.05) is 26.0 Å². The van der Waals surface area contributed by atoms with Crippen LogP contribution in [-0.2, 0) is 0 Å². The Morgan fingerprint density at radius 2 is 1.94 bits per heavy atom. The van der Waals surface area contributed by atoms with Gasteiger partial charge in [0, 0.05) is 18.5 Å². The molecule has 0 saturated heterocycles. The molecule has 1 aromatic rings. The zero-order chi connectivity index (χ0) is 12.0. The highest BCUT2D eigenvalue weighted by Gasteiger charge is 2.07. The summed E-state index contributed by atoms with van der Waals surface area (Å²) in [4.78, 5) is 11.7. The first-order valence-electron chi connectivity index (χ1n) is 5.59. The zero-order valence-electron chi connectivity index (χ0n) is 9.90. The molecule has 0 amide bonds. The van der Waals surface area contributed by atoms with Gasteiger partial charge in [-0.05, 0) is 30.2 Å². The Morgan fingerprint density at radius 3 is 2.44 bits per heavy atom. The van der Waals surface area contributed by atoms with Crippen LogP contribution < -0.4 is 10.5 Å². The van der Waals surface area contributed by atoms with Crippen molar-refractivity contribution in [1.29, 1.82) is 0 Å². The molecule has 0 aliphatic rings. The molecule has 0 bridgehead atoms. The Hall–Kier alpha value is -1.35. The number of ether oxygens (including phenoxy) is 1. The van der Waals surface area contributed by atoms with E-state index in [-0.39, 0.29) is 5.78 Å². The van der Waals surface area contributed by atoms with Gasteiger partial charge in [0.25, 0.3) is 0 Å². The first kappa shape index (κ1) is 12.7. The topological polar surface area (TPSA) is 52.3 Å². The molecule has 0 saturated carbocycles. The molecule has 0 atom stereocenters. The van der Waals surface area contributed by atoms with Crippen LogP contribution in [0.3, 0.4) is 0 Å². The summed E-state index contributed by atoms with van der Waals surface area (Å²) in [6, 6.07) is 7.22. The van der Waals surface area contributed by atoms with Crippen LogP contribution in [0.1, 0.15) is 30.6 Å². The molecule has 2 N–H and O–H groups in total. The number of nitrogens with two attached hydrogens (primary N) is 1. The molecule has 1 rings (SSSR count). The van der Waals surface area contributed by atoms with Crippen molar-refractivity contribution in [1.82, 2.24) is 0 Å². The lowest BCUT2D eigenvalue weighted by Gasteiger charge is -2.06. The SMILES string of the molecule is CC(C)CC(=O)c1ccc(OCCN)cc1. The fourth-order valence-electron chi connectivity index (χ4n) is 1.40. The highest BCUT2D eigenvalue weighted by atomic mass is 16.5. The molecule has 1 aromatic carbocycles. The maximum Gasteiger partial charge on any atom is 0.163 e. The van der Waals surface area contributed by atoms with Gasteiger partial charge in [0.1, 0.15) is 12.4 Å².